The van der Waals surface area contributed by atoms with Gasteiger partial charge in [-0.1, -0.05) is 19.0 Å². The van der Waals surface area contributed by atoms with E-state index in [9.17, 15) is 0 Å². The predicted molar refractivity (Wildman–Crippen MR) is 82.1 cm³/mol. The first-order valence-corrected chi connectivity index (χ1v) is 8.23. The van der Waals surface area contributed by atoms with Gasteiger partial charge in [0, 0.05) is 23.9 Å². The summed E-state index contributed by atoms with van der Waals surface area (Å²) in [5, 5.41) is 10.9. The van der Waals surface area contributed by atoms with E-state index in [4.69, 9.17) is 4.52 Å². The molecule has 1 N–H and O–H groups in total. The molecule has 2 aromatic rings. The van der Waals surface area contributed by atoms with Crippen molar-refractivity contribution >= 4 is 11.3 Å². The largest absolute Gasteiger partial charge is 0.361 e. The van der Waals surface area contributed by atoms with Gasteiger partial charge in [0.15, 0.2) is 0 Å². The Labute approximate surface area is 124 Å². The standard InChI is InChI=1S/C15H23N3OS/c1-4-12-9-13(19-18-12)7-6-8-16-11(3)14-10-20-15(5-2)17-14/h9-11,16H,4-8H2,1-3H3/t11-/m1/s1. The lowest BCUT2D eigenvalue weighted by atomic mass is 10.2. The van der Waals surface area contributed by atoms with Crippen LogP contribution in [-0.2, 0) is 19.3 Å². The molecular formula is C15H23N3OS. The Balaban J connectivity index is 1.70. The average molecular weight is 293 g/mol. The van der Waals surface area contributed by atoms with E-state index in [1.54, 1.807) is 11.3 Å². The molecule has 0 spiro atoms. The van der Waals surface area contributed by atoms with E-state index >= 15 is 0 Å². The molecule has 0 saturated carbocycles. The molecule has 0 bridgehead atoms. The number of rotatable bonds is 8. The number of hydrogen-bond donors (Lipinski definition) is 1. The molecule has 2 heterocycles. The van der Waals surface area contributed by atoms with Crippen molar-refractivity contribution in [1.82, 2.24) is 15.5 Å². The molecule has 1 atom stereocenters. The van der Waals surface area contributed by atoms with Crippen LogP contribution in [0.2, 0.25) is 0 Å². The minimum Gasteiger partial charge on any atom is -0.361 e. The minimum atomic E-state index is 0.312. The van der Waals surface area contributed by atoms with Crippen LogP contribution in [-0.4, -0.2) is 16.7 Å². The molecule has 5 heteroatoms. The van der Waals surface area contributed by atoms with Crippen LogP contribution in [0.3, 0.4) is 0 Å². The number of nitrogens with one attached hydrogen (secondary N) is 1. The molecule has 0 fully saturated rings. The molecule has 0 amide bonds. The Bertz CT molecular complexity index is 521. The lowest BCUT2D eigenvalue weighted by Gasteiger charge is -2.10. The first-order valence-electron chi connectivity index (χ1n) is 7.35. The Morgan fingerprint density at radius 3 is 2.85 bits per heavy atom. The van der Waals surface area contributed by atoms with Crippen LogP contribution < -0.4 is 5.32 Å². The second-order valence-corrected chi connectivity index (χ2v) is 5.88. The van der Waals surface area contributed by atoms with Crippen LogP contribution in [0.4, 0.5) is 0 Å². The molecule has 4 nitrogen and oxygen atoms in total. The van der Waals surface area contributed by atoms with E-state index in [2.05, 4.69) is 47.7 Å². The third-order valence-corrected chi connectivity index (χ3v) is 4.35. The van der Waals surface area contributed by atoms with E-state index in [-0.39, 0.29) is 0 Å². The Kier molecular flexibility index (Phi) is 5.73. The molecule has 2 rings (SSSR count). The third kappa shape index (κ3) is 4.15. The Morgan fingerprint density at radius 2 is 2.20 bits per heavy atom. The van der Waals surface area contributed by atoms with Crippen molar-refractivity contribution in [3.63, 3.8) is 0 Å². The summed E-state index contributed by atoms with van der Waals surface area (Å²) in [7, 11) is 0. The second-order valence-electron chi connectivity index (χ2n) is 4.94. The molecule has 0 aromatic carbocycles. The van der Waals surface area contributed by atoms with Crippen molar-refractivity contribution in [3.05, 3.63) is 33.6 Å². The summed E-state index contributed by atoms with van der Waals surface area (Å²) >= 11 is 1.74. The molecule has 0 aliphatic heterocycles. The van der Waals surface area contributed by atoms with Gasteiger partial charge >= 0.3 is 0 Å². The van der Waals surface area contributed by atoms with E-state index in [0.717, 1.165) is 49.4 Å². The van der Waals surface area contributed by atoms with E-state index < -0.39 is 0 Å². The quantitative estimate of drug-likeness (QED) is 0.756. The van der Waals surface area contributed by atoms with E-state index in [1.165, 1.54) is 5.01 Å². The van der Waals surface area contributed by atoms with Crippen molar-refractivity contribution in [2.24, 2.45) is 0 Å². The molecule has 0 saturated heterocycles. The molecular weight excluding hydrogens is 270 g/mol. The number of hydrogen-bond acceptors (Lipinski definition) is 5. The van der Waals surface area contributed by atoms with Gasteiger partial charge in [-0.2, -0.15) is 0 Å². The molecule has 2 aromatic heterocycles. The number of aromatic nitrogens is 2. The first kappa shape index (κ1) is 15.2. The summed E-state index contributed by atoms with van der Waals surface area (Å²) in [6.45, 7) is 7.35. The highest BCUT2D eigenvalue weighted by Gasteiger charge is 2.09. The third-order valence-electron chi connectivity index (χ3n) is 3.34. The van der Waals surface area contributed by atoms with Crippen LogP contribution in [0.25, 0.3) is 0 Å². The second kappa shape index (κ2) is 7.55. The van der Waals surface area contributed by atoms with Crippen molar-refractivity contribution in [2.45, 2.75) is 52.5 Å². The van der Waals surface area contributed by atoms with Gasteiger partial charge in [-0.05, 0) is 32.7 Å². The summed E-state index contributed by atoms with van der Waals surface area (Å²) in [6, 6.07) is 2.37. The van der Waals surface area contributed by atoms with Crippen LogP contribution in [0.5, 0.6) is 0 Å². The summed E-state index contributed by atoms with van der Waals surface area (Å²) in [6.07, 6.45) is 3.93. The van der Waals surface area contributed by atoms with E-state index in [1.807, 2.05) is 0 Å². The van der Waals surface area contributed by atoms with Crippen LogP contribution >= 0.6 is 11.3 Å². The Morgan fingerprint density at radius 1 is 1.35 bits per heavy atom. The highest BCUT2D eigenvalue weighted by Crippen LogP contribution is 2.17. The van der Waals surface area contributed by atoms with Gasteiger partial charge in [-0.25, -0.2) is 4.98 Å². The van der Waals surface area contributed by atoms with E-state index in [0.29, 0.717) is 6.04 Å². The summed E-state index contributed by atoms with van der Waals surface area (Å²) in [5.41, 5.74) is 2.19. The lowest BCUT2D eigenvalue weighted by Crippen LogP contribution is -2.20. The van der Waals surface area contributed by atoms with Crippen LogP contribution in [0, 0.1) is 0 Å². The fraction of sp³-hybridized carbons (Fsp3) is 0.600. The average Bonchev–Trinajstić information content (AvgIpc) is 3.11. The van der Waals surface area contributed by atoms with Crippen LogP contribution in [0.15, 0.2) is 16.0 Å². The molecule has 0 aliphatic carbocycles. The number of thiazole rings is 1. The maximum absolute atomic E-state index is 5.28. The zero-order chi connectivity index (χ0) is 14.4. The summed E-state index contributed by atoms with van der Waals surface area (Å²) < 4.78 is 5.28. The number of aryl methyl sites for hydroxylation is 3. The van der Waals surface area contributed by atoms with Gasteiger partial charge in [-0.15, -0.1) is 11.3 Å². The van der Waals surface area contributed by atoms with Crippen LogP contribution in [0.1, 0.15) is 55.4 Å². The minimum absolute atomic E-state index is 0.312. The highest BCUT2D eigenvalue weighted by atomic mass is 32.1. The predicted octanol–water partition coefficient (Wildman–Crippen LogP) is 3.54. The van der Waals surface area contributed by atoms with Gasteiger partial charge < -0.3 is 9.84 Å². The van der Waals surface area contributed by atoms with Crippen molar-refractivity contribution in [2.75, 3.05) is 6.54 Å². The van der Waals surface area contributed by atoms with Gasteiger partial charge in [0.2, 0.25) is 0 Å². The molecule has 0 unspecified atom stereocenters. The fourth-order valence-electron chi connectivity index (χ4n) is 2.01. The molecule has 110 valence electrons. The van der Waals surface area contributed by atoms with Gasteiger partial charge in [0.1, 0.15) is 5.76 Å². The smallest absolute Gasteiger partial charge is 0.137 e. The SMILES string of the molecule is CCc1cc(CCCN[C@H](C)c2csc(CC)n2)on1. The Hall–Kier alpha value is -1.20. The van der Waals surface area contributed by atoms with Gasteiger partial charge in [-0.3, -0.25) is 0 Å². The highest BCUT2D eigenvalue weighted by molar-refractivity contribution is 7.09. The van der Waals surface area contributed by atoms with Gasteiger partial charge in [0.05, 0.1) is 16.4 Å². The normalized spacial score (nSPS) is 12.8. The van der Waals surface area contributed by atoms with Crippen molar-refractivity contribution < 1.29 is 4.52 Å². The maximum atomic E-state index is 5.28. The van der Waals surface area contributed by atoms with Crippen molar-refractivity contribution in [1.29, 1.82) is 0 Å². The molecule has 20 heavy (non-hydrogen) atoms. The maximum Gasteiger partial charge on any atom is 0.137 e. The first-order chi connectivity index (χ1) is 9.72. The van der Waals surface area contributed by atoms with Gasteiger partial charge in [0.25, 0.3) is 0 Å². The zero-order valence-electron chi connectivity index (χ0n) is 12.5. The number of nitrogens with zero attached hydrogens (tertiary/aromatic N) is 2. The summed E-state index contributed by atoms with van der Waals surface area (Å²) in [5.74, 6) is 0.984. The topological polar surface area (TPSA) is 51.0 Å². The zero-order valence-corrected chi connectivity index (χ0v) is 13.3. The fourth-order valence-corrected chi connectivity index (χ4v) is 2.85. The lowest BCUT2D eigenvalue weighted by molar-refractivity contribution is 0.373. The molecule has 0 radical (unpaired) electrons. The summed E-state index contributed by atoms with van der Waals surface area (Å²) in [4.78, 5) is 4.61. The molecule has 0 aliphatic rings. The monoisotopic (exact) mass is 293 g/mol. The van der Waals surface area contributed by atoms with Crippen molar-refractivity contribution in [3.8, 4) is 0 Å².